The number of rotatable bonds is 5. The molecule has 0 spiro atoms. The molecule has 1 atom stereocenters. The Morgan fingerprint density at radius 1 is 1.12 bits per heavy atom. The summed E-state index contributed by atoms with van der Waals surface area (Å²) in [6.07, 6.45) is 0.403. The monoisotopic (exact) mass is 351 g/mol. The molecular weight excluding hydrogens is 330 g/mol. The van der Waals surface area contributed by atoms with E-state index in [9.17, 15) is 14.4 Å². The van der Waals surface area contributed by atoms with Crippen LogP contribution >= 0.6 is 0 Å². The van der Waals surface area contributed by atoms with Crippen LogP contribution in [0.2, 0.25) is 0 Å². The van der Waals surface area contributed by atoms with Crippen LogP contribution in [-0.4, -0.2) is 35.3 Å². The van der Waals surface area contributed by atoms with Crippen molar-refractivity contribution in [1.82, 2.24) is 10.2 Å². The fourth-order valence-electron chi connectivity index (χ4n) is 3.00. The number of carbonyl (C=O) groups excluding carboxylic acids is 3. The molecule has 2 N–H and O–H groups in total. The largest absolute Gasteiger partial charge is 0.325 e. The van der Waals surface area contributed by atoms with Crippen molar-refractivity contribution in [3.8, 4) is 0 Å². The molecule has 0 bridgehead atoms. The van der Waals surface area contributed by atoms with Crippen LogP contribution < -0.4 is 10.6 Å². The summed E-state index contributed by atoms with van der Waals surface area (Å²) in [5.41, 5.74) is 3.65. The molecule has 134 valence electrons. The number of urea groups is 1. The zero-order valence-corrected chi connectivity index (χ0v) is 14.8. The summed E-state index contributed by atoms with van der Waals surface area (Å²) in [6, 6.07) is 13.9. The molecule has 0 aliphatic carbocycles. The van der Waals surface area contributed by atoms with Gasteiger partial charge in [0.15, 0.2) is 0 Å². The maximum Gasteiger partial charge on any atom is 0.325 e. The minimum atomic E-state index is -0.640. The molecule has 26 heavy (non-hydrogen) atoms. The molecule has 3 rings (SSSR count). The van der Waals surface area contributed by atoms with Crippen LogP contribution in [0.15, 0.2) is 48.5 Å². The van der Waals surface area contributed by atoms with Gasteiger partial charge in [-0.15, -0.1) is 0 Å². The first-order chi connectivity index (χ1) is 12.4. The average Bonchev–Trinajstić information content (AvgIpc) is 2.86. The van der Waals surface area contributed by atoms with E-state index in [-0.39, 0.29) is 12.5 Å². The SMILES string of the molecule is Cc1ccc(NC(=O)CN2C(=O)NC(Cc3ccccc3)C2=O)c(C)c1. The van der Waals surface area contributed by atoms with E-state index in [0.717, 1.165) is 21.6 Å². The van der Waals surface area contributed by atoms with Crippen molar-refractivity contribution < 1.29 is 14.4 Å². The zero-order chi connectivity index (χ0) is 18.7. The third kappa shape index (κ3) is 3.91. The summed E-state index contributed by atoms with van der Waals surface area (Å²) >= 11 is 0. The van der Waals surface area contributed by atoms with Crippen molar-refractivity contribution in [2.24, 2.45) is 0 Å². The van der Waals surface area contributed by atoms with Gasteiger partial charge in [-0.3, -0.25) is 14.5 Å². The summed E-state index contributed by atoms with van der Waals surface area (Å²) in [6.45, 7) is 3.56. The first-order valence-corrected chi connectivity index (χ1v) is 8.47. The molecule has 1 fully saturated rings. The van der Waals surface area contributed by atoms with E-state index in [2.05, 4.69) is 10.6 Å². The van der Waals surface area contributed by atoms with Crippen LogP contribution in [-0.2, 0) is 16.0 Å². The van der Waals surface area contributed by atoms with Crippen molar-refractivity contribution in [3.05, 3.63) is 65.2 Å². The Balaban J connectivity index is 1.63. The summed E-state index contributed by atoms with van der Waals surface area (Å²) in [7, 11) is 0. The highest BCUT2D eigenvalue weighted by Gasteiger charge is 2.38. The van der Waals surface area contributed by atoms with E-state index < -0.39 is 18.0 Å². The van der Waals surface area contributed by atoms with Crippen LogP contribution in [0.25, 0.3) is 0 Å². The number of aryl methyl sites for hydroxylation is 2. The summed E-state index contributed by atoms with van der Waals surface area (Å²) in [5.74, 6) is -0.782. The van der Waals surface area contributed by atoms with Crippen LogP contribution in [0.5, 0.6) is 0 Å². The number of imide groups is 1. The molecule has 6 nitrogen and oxygen atoms in total. The molecule has 1 saturated heterocycles. The topological polar surface area (TPSA) is 78.5 Å². The fraction of sp³-hybridized carbons (Fsp3) is 0.250. The second-order valence-corrected chi connectivity index (χ2v) is 6.48. The lowest BCUT2D eigenvalue weighted by molar-refractivity contribution is -0.130. The van der Waals surface area contributed by atoms with Gasteiger partial charge in [-0.05, 0) is 31.0 Å². The Morgan fingerprint density at radius 2 is 1.85 bits per heavy atom. The molecule has 0 radical (unpaired) electrons. The summed E-state index contributed by atoms with van der Waals surface area (Å²) < 4.78 is 0. The Bertz CT molecular complexity index is 849. The van der Waals surface area contributed by atoms with Crippen molar-refractivity contribution in [2.75, 3.05) is 11.9 Å². The summed E-state index contributed by atoms with van der Waals surface area (Å²) in [4.78, 5) is 37.8. The maximum absolute atomic E-state index is 12.5. The van der Waals surface area contributed by atoms with Crippen LogP contribution in [0.4, 0.5) is 10.5 Å². The molecule has 1 heterocycles. The van der Waals surface area contributed by atoms with Gasteiger partial charge in [-0.1, -0.05) is 48.0 Å². The fourth-order valence-corrected chi connectivity index (χ4v) is 3.00. The number of carbonyl (C=O) groups is 3. The number of amides is 4. The minimum absolute atomic E-state index is 0.302. The predicted octanol–water partition coefficient (Wildman–Crippen LogP) is 2.41. The van der Waals surface area contributed by atoms with Crippen molar-refractivity contribution >= 4 is 23.5 Å². The van der Waals surface area contributed by atoms with Gasteiger partial charge in [-0.25, -0.2) is 4.79 Å². The number of anilines is 1. The third-order valence-corrected chi connectivity index (χ3v) is 4.35. The van der Waals surface area contributed by atoms with Gasteiger partial charge in [0.1, 0.15) is 12.6 Å². The Labute approximate surface area is 152 Å². The smallest absolute Gasteiger partial charge is 0.325 e. The molecule has 1 aliphatic heterocycles. The molecule has 4 amide bonds. The second-order valence-electron chi connectivity index (χ2n) is 6.48. The number of nitrogens with zero attached hydrogens (tertiary/aromatic N) is 1. The normalized spacial score (nSPS) is 16.5. The highest BCUT2D eigenvalue weighted by molar-refractivity contribution is 6.08. The van der Waals surface area contributed by atoms with Gasteiger partial charge >= 0.3 is 6.03 Å². The van der Waals surface area contributed by atoms with Gasteiger partial charge in [-0.2, -0.15) is 0 Å². The highest BCUT2D eigenvalue weighted by atomic mass is 16.2. The van der Waals surface area contributed by atoms with Crippen LogP contribution in [0.1, 0.15) is 16.7 Å². The van der Waals surface area contributed by atoms with E-state index in [1.54, 1.807) is 0 Å². The van der Waals surface area contributed by atoms with E-state index in [1.807, 2.05) is 62.4 Å². The van der Waals surface area contributed by atoms with Gasteiger partial charge in [0.05, 0.1) is 0 Å². The van der Waals surface area contributed by atoms with Crippen molar-refractivity contribution in [1.29, 1.82) is 0 Å². The Kier molecular flexibility index (Phi) is 5.02. The minimum Gasteiger partial charge on any atom is -0.325 e. The third-order valence-electron chi connectivity index (χ3n) is 4.35. The molecule has 1 unspecified atom stereocenters. The quantitative estimate of drug-likeness (QED) is 0.812. The Morgan fingerprint density at radius 3 is 2.54 bits per heavy atom. The van der Waals surface area contributed by atoms with Gasteiger partial charge in [0.2, 0.25) is 5.91 Å². The highest BCUT2D eigenvalue weighted by Crippen LogP contribution is 2.17. The molecule has 1 aliphatic rings. The van der Waals surface area contributed by atoms with Crippen LogP contribution in [0, 0.1) is 13.8 Å². The van der Waals surface area contributed by atoms with E-state index in [1.165, 1.54) is 0 Å². The lowest BCUT2D eigenvalue weighted by Gasteiger charge is -2.14. The summed E-state index contributed by atoms with van der Waals surface area (Å²) in [5, 5.41) is 5.40. The van der Waals surface area contributed by atoms with Crippen LogP contribution in [0.3, 0.4) is 0 Å². The lowest BCUT2D eigenvalue weighted by atomic mass is 10.1. The standard InChI is InChI=1S/C20H21N3O3/c1-13-8-9-16(14(2)10-13)21-18(24)12-23-19(25)17(22-20(23)26)11-15-6-4-3-5-7-15/h3-10,17H,11-12H2,1-2H3,(H,21,24)(H,22,26). The van der Waals surface area contributed by atoms with Crippen molar-refractivity contribution in [3.63, 3.8) is 0 Å². The molecule has 6 heteroatoms. The second kappa shape index (κ2) is 7.39. The number of hydrogen-bond acceptors (Lipinski definition) is 3. The molecular formula is C20H21N3O3. The zero-order valence-electron chi connectivity index (χ0n) is 14.8. The van der Waals surface area contributed by atoms with Crippen molar-refractivity contribution in [2.45, 2.75) is 26.3 Å². The molecule has 0 saturated carbocycles. The maximum atomic E-state index is 12.5. The number of hydrogen-bond donors (Lipinski definition) is 2. The molecule has 0 aromatic heterocycles. The first kappa shape index (κ1) is 17.7. The van der Waals surface area contributed by atoms with Gasteiger partial charge < -0.3 is 10.6 Å². The van der Waals surface area contributed by atoms with E-state index in [0.29, 0.717) is 12.1 Å². The average molecular weight is 351 g/mol. The predicted molar refractivity (Wildman–Crippen MR) is 98.7 cm³/mol. The van der Waals surface area contributed by atoms with Gasteiger partial charge in [0.25, 0.3) is 5.91 Å². The molecule has 2 aromatic rings. The lowest BCUT2D eigenvalue weighted by Crippen LogP contribution is -2.38. The van der Waals surface area contributed by atoms with Gasteiger partial charge in [0, 0.05) is 12.1 Å². The number of benzene rings is 2. The van der Waals surface area contributed by atoms with E-state index in [4.69, 9.17) is 0 Å². The number of nitrogens with one attached hydrogen (secondary N) is 2. The first-order valence-electron chi connectivity index (χ1n) is 8.47. The Hall–Kier alpha value is -3.15. The van der Waals surface area contributed by atoms with E-state index >= 15 is 0 Å². The molecule has 2 aromatic carbocycles.